The number of carbonyl (C=O) groups is 1. The molecule has 0 aliphatic heterocycles. The van der Waals surface area contributed by atoms with Crippen molar-refractivity contribution >= 4 is 5.91 Å². The smallest absolute Gasteiger partial charge is 0.224 e. The molecule has 19 heavy (non-hydrogen) atoms. The summed E-state index contributed by atoms with van der Waals surface area (Å²) in [5.74, 6) is 1.33. The highest BCUT2D eigenvalue weighted by atomic mass is 16.1. The van der Waals surface area contributed by atoms with Crippen LogP contribution < -0.4 is 5.32 Å². The normalized spacial score (nSPS) is 25.8. The van der Waals surface area contributed by atoms with Crippen LogP contribution in [0, 0.1) is 23.2 Å². The van der Waals surface area contributed by atoms with E-state index in [2.05, 4.69) is 25.2 Å². The third-order valence-electron chi connectivity index (χ3n) is 4.26. The van der Waals surface area contributed by atoms with Crippen LogP contribution in [0.2, 0.25) is 0 Å². The second-order valence-corrected chi connectivity index (χ2v) is 5.57. The Hall–Kier alpha value is -1.82. The fourth-order valence-electron chi connectivity index (χ4n) is 2.71. The largest absolute Gasteiger partial charge is 0.353 e. The molecule has 0 saturated heterocycles. The van der Waals surface area contributed by atoms with Crippen LogP contribution in [0.15, 0.2) is 24.3 Å². The van der Waals surface area contributed by atoms with Crippen LogP contribution in [0.4, 0.5) is 0 Å². The van der Waals surface area contributed by atoms with E-state index in [1.807, 2.05) is 12.1 Å². The summed E-state index contributed by atoms with van der Waals surface area (Å²) in [6.07, 6.45) is 2.67. The molecule has 3 nitrogen and oxygen atoms in total. The average molecular weight is 256 g/mol. The molecule has 1 aromatic rings. The summed E-state index contributed by atoms with van der Waals surface area (Å²) in [4.78, 5) is 12.0. The van der Waals surface area contributed by atoms with E-state index in [9.17, 15) is 4.79 Å². The first-order chi connectivity index (χ1) is 9.10. The van der Waals surface area contributed by atoms with Crippen molar-refractivity contribution in [2.24, 2.45) is 11.8 Å². The third kappa shape index (κ3) is 3.35. The lowest BCUT2D eigenvalue weighted by atomic mass is 9.97. The molecule has 0 bridgehead atoms. The summed E-state index contributed by atoms with van der Waals surface area (Å²) in [7, 11) is 0. The molecule has 1 fully saturated rings. The monoisotopic (exact) mass is 256 g/mol. The zero-order valence-electron chi connectivity index (χ0n) is 11.5. The molecule has 3 unspecified atom stereocenters. The number of nitrogens with zero attached hydrogens (tertiary/aromatic N) is 1. The van der Waals surface area contributed by atoms with E-state index in [1.165, 1.54) is 6.42 Å². The molecule has 0 spiro atoms. The summed E-state index contributed by atoms with van der Waals surface area (Å²) >= 11 is 0. The lowest BCUT2D eigenvalue weighted by Gasteiger charge is -2.19. The Morgan fingerprint density at radius 2 is 2.00 bits per heavy atom. The highest BCUT2D eigenvalue weighted by molar-refractivity contribution is 5.79. The minimum absolute atomic E-state index is 0.0793. The molecule has 1 aliphatic carbocycles. The Labute approximate surface area is 114 Å². The van der Waals surface area contributed by atoms with Crippen LogP contribution in [0.5, 0.6) is 0 Å². The van der Waals surface area contributed by atoms with Crippen LogP contribution in [0.25, 0.3) is 0 Å². The van der Waals surface area contributed by atoms with Crippen LogP contribution in [-0.4, -0.2) is 11.9 Å². The highest BCUT2D eigenvalue weighted by Gasteiger charge is 2.30. The molecule has 1 amide bonds. The number of rotatable bonds is 3. The van der Waals surface area contributed by atoms with E-state index in [0.29, 0.717) is 29.9 Å². The number of hydrogen-bond acceptors (Lipinski definition) is 2. The van der Waals surface area contributed by atoms with Crippen molar-refractivity contribution in [3.05, 3.63) is 35.4 Å². The van der Waals surface area contributed by atoms with E-state index in [-0.39, 0.29) is 5.91 Å². The fraction of sp³-hybridized carbons (Fsp3) is 0.500. The summed E-state index contributed by atoms with van der Waals surface area (Å²) in [5, 5.41) is 11.9. The molecule has 0 radical (unpaired) electrons. The molecule has 0 heterocycles. The second-order valence-electron chi connectivity index (χ2n) is 5.57. The molecule has 0 aromatic heterocycles. The van der Waals surface area contributed by atoms with Gasteiger partial charge in [-0.15, -0.1) is 0 Å². The molecule has 1 saturated carbocycles. The SMILES string of the molecule is CC1CCC(NC(=O)Cc2ccc(C#N)cc2)C1C. The van der Waals surface area contributed by atoms with Crippen molar-refractivity contribution in [1.29, 1.82) is 5.26 Å². The summed E-state index contributed by atoms with van der Waals surface area (Å²) < 4.78 is 0. The first-order valence-electron chi connectivity index (χ1n) is 6.88. The van der Waals surface area contributed by atoms with Crippen LogP contribution in [-0.2, 0) is 11.2 Å². The van der Waals surface area contributed by atoms with Gasteiger partial charge in [0.05, 0.1) is 18.1 Å². The van der Waals surface area contributed by atoms with Gasteiger partial charge in [0, 0.05) is 6.04 Å². The lowest BCUT2D eigenvalue weighted by Crippen LogP contribution is -2.38. The molecular formula is C16H20N2O. The highest BCUT2D eigenvalue weighted by Crippen LogP contribution is 2.31. The number of amides is 1. The minimum Gasteiger partial charge on any atom is -0.353 e. The number of hydrogen-bond donors (Lipinski definition) is 1. The molecule has 1 aromatic carbocycles. The van der Waals surface area contributed by atoms with Gasteiger partial charge < -0.3 is 5.32 Å². The summed E-state index contributed by atoms with van der Waals surface area (Å²) in [5.41, 5.74) is 1.58. The quantitative estimate of drug-likeness (QED) is 0.904. The molecule has 3 atom stereocenters. The van der Waals surface area contributed by atoms with Crippen molar-refractivity contribution in [1.82, 2.24) is 5.32 Å². The van der Waals surface area contributed by atoms with Gasteiger partial charge in [-0.2, -0.15) is 5.26 Å². The zero-order chi connectivity index (χ0) is 13.8. The first-order valence-corrected chi connectivity index (χ1v) is 6.88. The molecule has 2 rings (SSSR count). The van der Waals surface area contributed by atoms with Gasteiger partial charge in [-0.25, -0.2) is 0 Å². The predicted octanol–water partition coefficient (Wildman–Crippen LogP) is 2.65. The van der Waals surface area contributed by atoms with Gasteiger partial charge in [-0.1, -0.05) is 26.0 Å². The van der Waals surface area contributed by atoms with E-state index < -0.39 is 0 Å². The van der Waals surface area contributed by atoms with Crippen molar-refractivity contribution in [3.63, 3.8) is 0 Å². The third-order valence-corrected chi connectivity index (χ3v) is 4.26. The van der Waals surface area contributed by atoms with Gasteiger partial charge >= 0.3 is 0 Å². The van der Waals surface area contributed by atoms with E-state index in [0.717, 1.165) is 12.0 Å². The summed E-state index contributed by atoms with van der Waals surface area (Å²) in [6.45, 7) is 4.46. The van der Waals surface area contributed by atoms with Crippen LogP contribution >= 0.6 is 0 Å². The predicted molar refractivity (Wildman–Crippen MR) is 74.4 cm³/mol. The molecule has 3 heteroatoms. The van der Waals surface area contributed by atoms with E-state index >= 15 is 0 Å². The first kappa shape index (κ1) is 13.6. The van der Waals surface area contributed by atoms with E-state index in [1.54, 1.807) is 12.1 Å². The molecular weight excluding hydrogens is 236 g/mol. The van der Waals surface area contributed by atoms with Crippen LogP contribution in [0.1, 0.15) is 37.8 Å². The van der Waals surface area contributed by atoms with Gasteiger partial charge in [0.2, 0.25) is 5.91 Å². The standard InChI is InChI=1S/C16H20N2O/c1-11-3-8-15(12(11)2)18-16(19)9-13-4-6-14(10-17)7-5-13/h4-7,11-12,15H,3,8-9H2,1-2H3,(H,18,19). The number of nitriles is 1. The van der Waals surface area contributed by atoms with Crippen molar-refractivity contribution in [2.45, 2.75) is 39.2 Å². The maximum absolute atomic E-state index is 12.0. The minimum atomic E-state index is 0.0793. The van der Waals surface area contributed by atoms with Crippen molar-refractivity contribution < 1.29 is 4.79 Å². The topological polar surface area (TPSA) is 52.9 Å². The number of benzene rings is 1. The van der Waals surface area contributed by atoms with E-state index in [4.69, 9.17) is 5.26 Å². The number of carbonyl (C=O) groups excluding carboxylic acids is 1. The Kier molecular flexibility index (Phi) is 4.21. The van der Waals surface area contributed by atoms with Crippen molar-refractivity contribution in [3.8, 4) is 6.07 Å². The molecule has 100 valence electrons. The van der Waals surface area contributed by atoms with Crippen molar-refractivity contribution in [2.75, 3.05) is 0 Å². The zero-order valence-corrected chi connectivity index (χ0v) is 11.5. The Bertz CT molecular complexity index is 486. The Balaban J connectivity index is 1.89. The van der Waals surface area contributed by atoms with Gasteiger partial charge in [-0.3, -0.25) is 4.79 Å². The molecule has 1 aliphatic rings. The van der Waals surface area contributed by atoms with Gasteiger partial charge in [0.25, 0.3) is 0 Å². The Morgan fingerprint density at radius 3 is 2.53 bits per heavy atom. The number of nitrogens with one attached hydrogen (secondary N) is 1. The average Bonchev–Trinajstić information content (AvgIpc) is 2.71. The van der Waals surface area contributed by atoms with Gasteiger partial charge in [0.1, 0.15) is 0 Å². The van der Waals surface area contributed by atoms with Crippen LogP contribution in [0.3, 0.4) is 0 Å². The Morgan fingerprint density at radius 1 is 1.32 bits per heavy atom. The summed E-state index contributed by atoms with van der Waals surface area (Å²) in [6, 6.07) is 9.59. The molecule has 1 N–H and O–H groups in total. The fourth-order valence-corrected chi connectivity index (χ4v) is 2.71. The lowest BCUT2D eigenvalue weighted by molar-refractivity contribution is -0.121. The van der Waals surface area contributed by atoms with Gasteiger partial charge in [-0.05, 0) is 42.4 Å². The van der Waals surface area contributed by atoms with Gasteiger partial charge in [0.15, 0.2) is 0 Å². The second kappa shape index (κ2) is 5.88. The maximum atomic E-state index is 12.0. The maximum Gasteiger partial charge on any atom is 0.224 e.